The van der Waals surface area contributed by atoms with E-state index < -0.39 is 17.3 Å². The van der Waals surface area contributed by atoms with E-state index in [1.54, 1.807) is 15.8 Å². The molecule has 31 heavy (non-hydrogen) atoms. The third kappa shape index (κ3) is 5.86. The predicted octanol–water partition coefficient (Wildman–Crippen LogP) is 5.03. The van der Waals surface area contributed by atoms with Crippen molar-refractivity contribution in [1.29, 1.82) is 0 Å². The molecule has 1 saturated heterocycles. The SMILES string of the molecule is CC(C)(C)OC(=O)N1CCC(Cn2cc(-c3cc(C(F)(F)F)ccc3C=O)cn2)CC1. The van der Waals surface area contributed by atoms with Gasteiger partial charge in [-0.05, 0) is 57.2 Å². The number of ether oxygens (including phenoxy) is 1. The number of carbonyl (C=O) groups is 2. The van der Waals surface area contributed by atoms with Crippen LogP contribution in [0.3, 0.4) is 0 Å². The number of amides is 1. The summed E-state index contributed by atoms with van der Waals surface area (Å²) < 4.78 is 46.3. The van der Waals surface area contributed by atoms with E-state index >= 15 is 0 Å². The summed E-state index contributed by atoms with van der Waals surface area (Å²) in [6.07, 6.45) is 0.405. The number of piperidine rings is 1. The first kappa shape index (κ1) is 22.8. The Labute approximate surface area is 179 Å². The lowest BCUT2D eigenvalue weighted by molar-refractivity contribution is -0.137. The van der Waals surface area contributed by atoms with Crippen molar-refractivity contribution >= 4 is 12.4 Å². The number of carbonyl (C=O) groups excluding carboxylic acids is 2. The first-order valence-corrected chi connectivity index (χ1v) is 10.1. The van der Waals surface area contributed by atoms with Gasteiger partial charge in [0, 0.05) is 37.0 Å². The van der Waals surface area contributed by atoms with Crippen LogP contribution in [0.2, 0.25) is 0 Å². The van der Waals surface area contributed by atoms with Crippen molar-refractivity contribution in [1.82, 2.24) is 14.7 Å². The molecular formula is C22H26F3N3O3. The Morgan fingerprint density at radius 2 is 1.90 bits per heavy atom. The lowest BCUT2D eigenvalue weighted by Crippen LogP contribution is -2.42. The van der Waals surface area contributed by atoms with Crippen molar-refractivity contribution < 1.29 is 27.5 Å². The Balaban J connectivity index is 1.65. The van der Waals surface area contributed by atoms with Crippen molar-refractivity contribution in [3.8, 4) is 11.1 Å². The summed E-state index contributed by atoms with van der Waals surface area (Å²) in [4.78, 5) is 25.2. The molecule has 0 radical (unpaired) electrons. The molecule has 0 unspecified atom stereocenters. The first-order valence-electron chi connectivity index (χ1n) is 10.1. The molecule has 0 atom stereocenters. The largest absolute Gasteiger partial charge is 0.444 e. The zero-order valence-electron chi connectivity index (χ0n) is 17.8. The number of rotatable bonds is 4. The van der Waals surface area contributed by atoms with Crippen LogP contribution in [0.4, 0.5) is 18.0 Å². The normalized spacial score (nSPS) is 15.7. The standard InChI is InChI=1S/C22H26F3N3O3/c1-21(2,3)31-20(30)27-8-6-15(7-9-27)12-28-13-17(11-26-28)19-10-18(22(23,24)25)5-4-16(19)14-29/h4-5,10-11,13-15H,6-9,12H2,1-3H3. The second-order valence-electron chi connectivity index (χ2n) is 8.78. The van der Waals surface area contributed by atoms with Crippen molar-refractivity contribution in [3.05, 3.63) is 41.7 Å². The molecule has 2 heterocycles. The number of aldehydes is 1. The maximum absolute atomic E-state index is 13.1. The maximum atomic E-state index is 13.1. The number of aromatic nitrogens is 2. The van der Waals surface area contributed by atoms with Crippen molar-refractivity contribution in [2.45, 2.75) is 51.9 Å². The Bertz CT molecular complexity index is 939. The fourth-order valence-corrected chi connectivity index (χ4v) is 3.58. The van der Waals surface area contributed by atoms with Gasteiger partial charge in [-0.1, -0.05) is 6.07 Å². The van der Waals surface area contributed by atoms with Crippen LogP contribution in [0.25, 0.3) is 11.1 Å². The molecule has 1 aromatic heterocycles. The van der Waals surface area contributed by atoms with E-state index in [-0.39, 0.29) is 23.1 Å². The van der Waals surface area contributed by atoms with Gasteiger partial charge in [0.05, 0.1) is 11.8 Å². The lowest BCUT2D eigenvalue weighted by Gasteiger charge is -2.33. The Morgan fingerprint density at radius 3 is 2.48 bits per heavy atom. The van der Waals surface area contributed by atoms with Gasteiger partial charge in [0.15, 0.2) is 6.29 Å². The minimum Gasteiger partial charge on any atom is -0.444 e. The molecule has 1 amide bonds. The van der Waals surface area contributed by atoms with Crippen molar-refractivity contribution in [2.24, 2.45) is 5.92 Å². The molecule has 1 fully saturated rings. The van der Waals surface area contributed by atoms with Gasteiger partial charge in [0.2, 0.25) is 0 Å². The van der Waals surface area contributed by atoms with Gasteiger partial charge in [-0.25, -0.2) is 4.79 Å². The summed E-state index contributed by atoms with van der Waals surface area (Å²) in [5, 5.41) is 4.27. The fraction of sp³-hybridized carbons (Fsp3) is 0.500. The molecule has 3 rings (SSSR count). The van der Waals surface area contributed by atoms with Gasteiger partial charge in [-0.15, -0.1) is 0 Å². The van der Waals surface area contributed by atoms with E-state index in [1.165, 1.54) is 12.3 Å². The number of halogens is 3. The highest BCUT2D eigenvalue weighted by molar-refractivity contribution is 5.87. The summed E-state index contributed by atoms with van der Waals surface area (Å²) >= 11 is 0. The molecule has 1 aromatic carbocycles. The molecule has 0 bridgehead atoms. The smallest absolute Gasteiger partial charge is 0.416 e. The minimum absolute atomic E-state index is 0.179. The molecule has 0 aliphatic carbocycles. The summed E-state index contributed by atoms with van der Waals surface area (Å²) in [6, 6.07) is 3.05. The van der Waals surface area contributed by atoms with Crippen LogP contribution >= 0.6 is 0 Å². The van der Waals surface area contributed by atoms with E-state index in [9.17, 15) is 22.8 Å². The second-order valence-corrected chi connectivity index (χ2v) is 8.78. The van der Waals surface area contributed by atoms with Crippen LogP contribution < -0.4 is 0 Å². The molecule has 2 aromatic rings. The molecule has 1 aliphatic rings. The van der Waals surface area contributed by atoms with Crippen LogP contribution in [-0.4, -0.2) is 45.8 Å². The zero-order valence-corrected chi connectivity index (χ0v) is 17.8. The van der Waals surface area contributed by atoms with Crippen LogP contribution in [-0.2, 0) is 17.5 Å². The van der Waals surface area contributed by atoms with Gasteiger partial charge < -0.3 is 9.64 Å². The molecule has 0 saturated carbocycles. The van der Waals surface area contributed by atoms with Gasteiger partial charge in [0.25, 0.3) is 0 Å². The highest BCUT2D eigenvalue weighted by Crippen LogP contribution is 2.33. The Kier molecular flexibility index (Phi) is 6.43. The first-order chi connectivity index (χ1) is 14.5. The summed E-state index contributed by atoms with van der Waals surface area (Å²) in [5.41, 5.74) is -0.507. The number of alkyl halides is 3. The Morgan fingerprint density at radius 1 is 1.23 bits per heavy atom. The second kappa shape index (κ2) is 8.72. The predicted molar refractivity (Wildman–Crippen MR) is 109 cm³/mol. The van der Waals surface area contributed by atoms with E-state index in [4.69, 9.17) is 4.74 Å². The van der Waals surface area contributed by atoms with E-state index in [1.807, 2.05) is 20.8 Å². The fourth-order valence-electron chi connectivity index (χ4n) is 3.58. The highest BCUT2D eigenvalue weighted by atomic mass is 19.4. The number of nitrogens with zero attached hydrogens (tertiary/aromatic N) is 3. The summed E-state index contributed by atoms with van der Waals surface area (Å²) in [6.45, 7) is 7.22. The lowest BCUT2D eigenvalue weighted by atomic mass is 9.97. The van der Waals surface area contributed by atoms with Crippen molar-refractivity contribution in [3.63, 3.8) is 0 Å². The maximum Gasteiger partial charge on any atom is 0.416 e. The molecule has 9 heteroatoms. The molecule has 6 nitrogen and oxygen atoms in total. The van der Waals surface area contributed by atoms with Crippen LogP contribution in [0.5, 0.6) is 0 Å². The average Bonchev–Trinajstić information content (AvgIpc) is 3.14. The number of hydrogen-bond acceptors (Lipinski definition) is 4. The summed E-state index contributed by atoms with van der Waals surface area (Å²) in [5.74, 6) is 0.276. The third-order valence-electron chi connectivity index (χ3n) is 5.16. The molecular weight excluding hydrogens is 411 g/mol. The van der Waals surface area contributed by atoms with E-state index in [0.29, 0.717) is 31.5 Å². The van der Waals surface area contributed by atoms with Crippen molar-refractivity contribution in [2.75, 3.05) is 13.1 Å². The average molecular weight is 437 g/mol. The molecule has 168 valence electrons. The highest BCUT2D eigenvalue weighted by Gasteiger charge is 2.31. The Hall–Kier alpha value is -2.84. The van der Waals surface area contributed by atoms with Gasteiger partial charge in [0.1, 0.15) is 5.60 Å². The minimum atomic E-state index is -4.49. The van der Waals surface area contributed by atoms with Crippen LogP contribution in [0.15, 0.2) is 30.6 Å². The quantitative estimate of drug-likeness (QED) is 0.630. The molecule has 0 N–H and O–H groups in total. The van der Waals surface area contributed by atoms with Gasteiger partial charge in [-0.3, -0.25) is 9.48 Å². The topological polar surface area (TPSA) is 64.4 Å². The van der Waals surface area contributed by atoms with Gasteiger partial charge in [-0.2, -0.15) is 18.3 Å². The van der Waals surface area contributed by atoms with Crippen LogP contribution in [0, 0.1) is 5.92 Å². The zero-order chi connectivity index (χ0) is 22.8. The number of hydrogen-bond donors (Lipinski definition) is 0. The van der Waals surface area contributed by atoms with Crippen LogP contribution in [0.1, 0.15) is 49.5 Å². The monoisotopic (exact) mass is 437 g/mol. The number of likely N-dealkylation sites (tertiary alicyclic amines) is 1. The van der Waals surface area contributed by atoms with E-state index in [2.05, 4.69) is 5.10 Å². The number of benzene rings is 1. The molecule has 1 aliphatic heterocycles. The van der Waals surface area contributed by atoms with Gasteiger partial charge >= 0.3 is 12.3 Å². The molecule has 0 spiro atoms. The van der Waals surface area contributed by atoms with E-state index in [0.717, 1.165) is 25.0 Å². The third-order valence-corrected chi connectivity index (χ3v) is 5.16. The summed E-state index contributed by atoms with van der Waals surface area (Å²) in [7, 11) is 0.